The maximum Gasteiger partial charge on any atom is 0.335 e. The van der Waals surface area contributed by atoms with E-state index in [0.29, 0.717) is 13.2 Å². The Morgan fingerprint density at radius 3 is 2.62 bits per heavy atom. The summed E-state index contributed by atoms with van der Waals surface area (Å²) in [4.78, 5) is 11.9. The SMILES string of the molecule is O=C1OCCCCC1OCc1cccc2cc3ccccc3cc12. The summed E-state index contributed by atoms with van der Waals surface area (Å²) in [5.41, 5.74) is 1.11. The fourth-order valence-electron chi connectivity index (χ4n) is 3.31. The third-order valence-corrected chi connectivity index (χ3v) is 4.64. The van der Waals surface area contributed by atoms with Crippen molar-refractivity contribution in [2.45, 2.75) is 32.0 Å². The first kappa shape index (κ1) is 15.2. The summed E-state index contributed by atoms with van der Waals surface area (Å²) in [6, 6.07) is 19.0. The van der Waals surface area contributed by atoms with Crippen LogP contribution in [0.3, 0.4) is 0 Å². The molecule has 0 radical (unpaired) electrons. The van der Waals surface area contributed by atoms with E-state index in [1.165, 1.54) is 21.5 Å². The standard InChI is InChI=1S/C21H20O3/c22-21-20(10-3-4-11-23-21)24-14-18-9-5-8-17-12-15-6-1-2-7-16(15)13-19(17)18/h1-2,5-9,12-13,20H,3-4,10-11,14H2. The molecule has 4 rings (SSSR count). The van der Waals surface area contributed by atoms with Gasteiger partial charge in [0.2, 0.25) is 0 Å². The molecular weight excluding hydrogens is 300 g/mol. The molecule has 1 atom stereocenters. The van der Waals surface area contributed by atoms with E-state index in [1.54, 1.807) is 0 Å². The van der Waals surface area contributed by atoms with Gasteiger partial charge in [-0.2, -0.15) is 0 Å². The van der Waals surface area contributed by atoms with Crippen LogP contribution in [0.15, 0.2) is 54.6 Å². The normalized spacial score (nSPS) is 18.5. The molecule has 0 aromatic heterocycles. The van der Waals surface area contributed by atoms with Gasteiger partial charge in [-0.1, -0.05) is 42.5 Å². The molecule has 1 saturated heterocycles. The number of hydrogen-bond acceptors (Lipinski definition) is 3. The topological polar surface area (TPSA) is 35.5 Å². The van der Waals surface area contributed by atoms with Gasteiger partial charge >= 0.3 is 5.97 Å². The van der Waals surface area contributed by atoms with Gasteiger partial charge in [-0.3, -0.25) is 0 Å². The van der Waals surface area contributed by atoms with E-state index in [9.17, 15) is 4.79 Å². The summed E-state index contributed by atoms with van der Waals surface area (Å²) in [5.74, 6) is -0.224. The second kappa shape index (κ2) is 6.62. The van der Waals surface area contributed by atoms with Gasteiger partial charge in [0.1, 0.15) is 0 Å². The predicted molar refractivity (Wildman–Crippen MR) is 94.8 cm³/mol. The van der Waals surface area contributed by atoms with Crippen LogP contribution in [-0.2, 0) is 20.9 Å². The highest BCUT2D eigenvalue weighted by atomic mass is 16.6. The molecule has 0 aliphatic carbocycles. The highest BCUT2D eigenvalue weighted by Crippen LogP contribution is 2.26. The second-order valence-electron chi connectivity index (χ2n) is 6.30. The van der Waals surface area contributed by atoms with E-state index in [1.807, 2.05) is 6.07 Å². The number of carbonyl (C=O) groups excluding carboxylic acids is 1. The van der Waals surface area contributed by atoms with Gasteiger partial charge in [-0.15, -0.1) is 0 Å². The minimum atomic E-state index is -0.441. The highest BCUT2D eigenvalue weighted by Gasteiger charge is 2.23. The molecule has 0 saturated carbocycles. The van der Waals surface area contributed by atoms with Gasteiger partial charge in [0.25, 0.3) is 0 Å². The maximum atomic E-state index is 11.9. The number of cyclic esters (lactones) is 1. The zero-order chi connectivity index (χ0) is 16.4. The lowest BCUT2D eigenvalue weighted by atomic mass is 10.00. The van der Waals surface area contributed by atoms with Crippen molar-refractivity contribution >= 4 is 27.5 Å². The third kappa shape index (κ3) is 3.00. The lowest BCUT2D eigenvalue weighted by Gasteiger charge is -2.15. The van der Waals surface area contributed by atoms with Crippen LogP contribution in [0.4, 0.5) is 0 Å². The molecular formula is C21H20O3. The number of hydrogen-bond donors (Lipinski definition) is 0. The highest BCUT2D eigenvalue weighted by molar-refractivity contribution is 5.99. The molecule has 0 amide bonds. The first-order valence-electron chi connectivity index (χ1n) is 8.50. The summed E-state index contributed by atoms with van der Waals surface area (Å²) in [5, 5.41) is 4.82. The summed E-state index contributed by atoms with van der Waals surface area (Å²) >= 11 is 0. The van der Waals surface area contributed by atoms with E-state index >= 15 is 0 Å². The Labute approximate surface area is 141 Å². The quantitative estimate of drug-likeness (QED) is 0.522. The van der Waals surface area contributed by atoms with Crippen molar-refractivity contribution in [2.24, 2.45) is 0 Å². The molecule has 122 valence electrons. The molecule has 3 aromatic rings. The van der Waals surface area contributed by atoms with Crippen LogP contribution in [0, 0.1) is 0 Å². The predicted octanol–water partition coefficient (Wildman–Crippen LogP) is 4.61. The molecule has 3 nitrogen and oxygen atoms in total. The monoisotopic (exact) mass is 320 g/mol. The number of benzene rings is 3. The van der Waals surface area contributed by atoms with E-state index < -0.39 is 6.10 Å². The maximum absolute atomic E-state index is 11.9. The van der Waals surface area contributed by atoms with Crippen LogP contribution in [0.25, 0.3) is 21.5 Å². The summed E-state index contributed by atoms with van der Waals surface area (Å²) in [7, 11) is 0. The summed E-state index contributed by atoms with van der Waals surface area (Å²) in [6.07, 6.45) is 2.19. The van der Waals surface area contributed by atoms with Crippen molar-refractivity contribution in [1.82, 2.24) is 0 Å². The van der Waals surface area contributed by atoms with Crippen molar-refractivity contribution < 1.29 is 14.3 Å². The molecule has 3 aromatic carbocycles. The van der Waals surface area contributed by atoms with Crippen LogP contribution >= 0.6 is 0 Å². The molecule has 0 spiro atoms. The molecule has 24 heavy (non-hydrogen) atoms. The van der Waals surface area contributed by atoms with Crippen molar-refractivity contribution in [3.05, 3.63) is 60.2 Å². The van der Waals surface area contributed by atoms with Crippen LogP contribution in [0.5, 0.6) is 0 Å². The minimum Gasteiger partial charge on any atom is -0.464 e. The first-order chi connectivity index (χ1) is 11.8. The van der Waals surface area contributed by atoms with Crippen LogP contribution < -0.4 is 0 Å². The van der Waals surface area contributed by atoms with Gasteiger partial charge in [0.15, 0.2) is 6.10 Å². The molecule has 3 heteroatoms. The van der Waals surface area contributed by atoms with E-state index in [4.69, 9.17) is 9.47 Å². The van der Waals surface area contributed by atoms with Gasteiger partial charge in [0.05, 0.1) is 13.2 Å². The molecule has 1 heterocycles. The van der Waals surface area contributed by atoms with Crippen LogP contribution in [0.1, 0.15) is 24.8 Å². The van der Waals surface area contributed by atoms with Gasteiger partial charge < -0.3 is 9.47 Å². The fourth-order valence-corrected chi connectivity index (χ4v) is 3.31. The molecule has 0 bridgehead atoms. The Balaban J connectivity index is 1.63. The number of esters is 1. The first-order valence-corrected chi connectivity index (χ1v) is 8.50. The van der Waals surface area contributed by atoms with Crippen molar-refractivity contribution in [3.63, 3.8) is 0 Å². The van der Waals surface area contributed by atoms with E-state index in [2.05, 4.69) is 48.5 Å². The summed E-state index contributed by atoms with van der Waals surface area (Å²) in [6.45, 7) is 0.939. The van der Waals surface area contributed by atoms with E-state index in [-0.39, 0.29) is 5.97 Å². The Kier molecular flexibility index (Phi) is 4.18. The van der Waals surface area contributed by atoms with Crippen molar-refractivity contribution in [3.8, 4) is 0 Å². The Morgan fingerprint density at radius 2 is 1.75 bits per heavy atom. The van der Waals surface area contributed by atoms with Gasteiger partial charge in [-0.05, 0) is 58.5 Å². The average Bonchev–Trinajstić information content (AvgIpc) is 2.82. The molecule has 1 unspecified atom stereocenters. The van der Waals surface area contributed by atoms with Crippen molar-refractivity contribution in [1.29, 1.82) is 0 Å². The third-order valence-electron chi connectivity index (χ3n) is 4.64. The Morgan fingerprint density at radius 1 is 0.958 bits per heavy atom. The number of ether oxygens (including phenoxy) is 2. The fraction of sp³-hybridized carbons (Fsp3) is 0.286. The van der Waals surface area contributed by atoms with Crippen molar-refractivity contribution in [2.75, 3.05) is 6.61 Å². The van der Waals surface area contributed by atoms with Crippen LogP contribution in [-0.4, -0.2) is 18.7 Å². The Bertz CT molecular complexity index is 885. The summed E-state index contributed by atoms with van der Waals surface area (Å²) < 4.78 is 11.1. The molecule has 1 fully saturated rings. The van der Waals surface area contributed by atoms with Crippen LogP contribution in [0.2, 0.25) is 0 Å². The molecule has 1 aliphatic heterocycles. The molecule has 0 N–H and O–H groups in total. The van der Waals surface area contributed by atoms with Gasteiger partial charge in [-0.25, -0.2) is 4.79 Å². The zero-order valence-electron chi connectivity index (χ0n) is 13.5. The van der Waals surface area contributed by atoms with Gasteiger partial charge in [0, 0.05) is 0 Å². The number of rotatable bonds is 3. The minimum absolute atomic E-state index is 0.224. The lowest BCUT2D eigenvalue weighted by Crippen LogP contribution is -2.24. The smallest absolute Gasteiger partial charge is 0.335 e. The average molecular weight is 320 g/mol. The van der Waals surface area contributed by atoms with E-state index in [0.717, 1.165) is 24.8 Å². The lowest BCUT2D eigenvalue weighted by molar-refractivity contribution is -0.156. The number of carbonyl (C=O) groups is 1. The number of fused-ring (bicyclic) bond motifs is 2. The molecule has 1 aliphatic rings. The largest absolute Gasteiger partial charge is 0.464 e. The second-order valence-corrected chi connectivity index (χ2v) is 6.30. The Hall–Kier alpha value is -2.39. The zero-order valence-corrected chi connectivity index (χ0v) is 13.5.